The second kappa shape index (κ2) is 10.9. The zero-order valence-electron chi connectivity index (χ0n) is 26.0. The molecule has 2 unspecified atom stereocenters. The number of aliphatic hydroxyl groups excluding tert-OH is 2. The SMILES string of the molecule is C[C@]12CC[C@@H]3c4ccc(O)cc4CCC3[C@@H]1CC[C@@]2(O)c1cn(-c2ccc3c4c(cccc24)C(=O)N(CCOCCO)C3O)nn1. The predicted molar refractivity (Wildman–Crippen MR) is 169 cm³/mol. The molecule has 2 fully saturated rings. The van der Waals surface area contributed by atoms with E-state index < -0.39 is 11.8 Å². The molecule has 0 spiro atoms. The summed E-state index contributed by atoms with van der Waals surface area (Å²) in [5.41, 5.74) is 3.58. The van der Waals surface area contributed by atoms with Gasteiger partial charge < -0.3 is 30.1 Å². The van der Waals surface area contributed by atoms with Crippen molar-refractivity contribution in [3.05, 3.63) is 82.7 Å². The zero-order chi connectivity index (χ0) is 31.8. The van der Waals surface area contributed by atoms with Crippen molar-refractivity contribution < 1.29 is 30.0 Å². The second-order valence-electron chi connectivity index (χ2n) is 13.8. The average molecular weight is 625 g/mol. The number of benzene rings is 3. The monoisotopic (exact) mass is 624 g/mol. The van der Waals surface area contributed by atoms with E-state index in [4.69, 9.17) is 9.84 Å². The van der Waals surface area contributed by atoms with Gasteiger partial charge in [0, 0.05) is 33.9 Å². The third-order valence-corrected chi connectivity index (χ3v) is 11.9. The largest absolute Gasteiger partial charge is 0.508 e. The Morgan fingerprint density at radius 3 is 2.74 bits per heavy atom. The van der Waals surface area contributed by atoms with E-state index in [1.54, 1.807) is 10.7 Å². The number of hydrogen-bond acceptors (Lipinski definition) is 8. The van der Waals surface area contributed by atoms with E-state index in [0.29, 0.717) is 52.1 Å². The van der Waals surface area contributed by atoms with Gasteiger partial charge in [0.05, 0.1) is 31.7 Å². The second-order valence-corrected chi connectivity index (χ2v) is 13.8. The van der Waals surface area contributed by atoms with Gasteiger partial charge in [-0.25, -0.2) is 4.68 Å². The first-order chi connectivity index (χ1) is 22.2. The maximum Gasteiger partial charge on any atom is 0.256 e. The number of fused-ring (bicyclic) bond motifs is 5. The van der Waals surface area contributed by atoms with Crippen molar-refractivity contribution in [3.63, 3.8) is 0 Å². The van der Waals surface area contributed by atoms with Crippen LogP contribution in [0, 0.1) is 17.3 Å². The molecule has 1 amide bonds. The van der Waals surface area contributed by atoms with E-state index in [2.05, 4.69) is 23.3 Å². The highest BCUT2D eigenvalue weighted by atomic mass is 16.5. The number of aliphatic hydroxyl groups is 3. The number of ether oxygens (including phenoxy) is 1. The van der Waals surface area contributed by atoms with Crippen LogP contribution < -0.4 is 0 Å². The molecule has 4 N–H and O–H groups in total. The Bertz CT molecular complexity index is 1840. The molecule has 2 saturated carbocycles. The van der Waals surface area contributed by atoms with Crippen LogP contribution in [-0.2, 0) is 16.8 Å². The Hall–Kier alpha value is -3.83. The number of phenols is 1. The van der Waals surface area contributed by atoms with Crippen molar-refractivity contribution >= 4 is 16.7 Å². The fourth-order valence-electron chi connectivity index (χ4n) is 9.58. The number of aryl methyl sites for hydroxylation is 1. The Kier molecular flexibility index (Phi) is 6.99. The van der Waals surface area contributed by atoms with Crippen molar-refractivity contribution in [2.75, 3.05) is 26.4 Å². The van der Waals surface area contributed by atoms with E-state index >= 15 is 0 Å². The van der Waals surface area contributed by atoms with Crippen LogP contribution in [0.3, 0.4) is 0 Å². The van der Waals surface area contributed by atoms with Crippen LogP contribution in [0.4, 0.5) is 0 Å². The van der Waals surface area contributed by atoms with E-state index in [1.807, 2.05) is 42.6 Å². The van der Waals surface area contributed by atoms with Crippen molar-refractivity contribution in [2.24, 2.45) is 17.3 Å². The molecule has 10 heteroatoms. The summed E-state index contributed by atoms with van der Waals surface area (Å²) in [6.45, 7) is 2.70. The highest BCUT2D eigenvalue weighted by Crippen LogP contribution is 2.66. The summed E-state index contributed by atoms with van der Waals surface area (Å²) in [4.78, 5) is 14.9. The Morgan fingerprint density at radius 1 is 1.04 bits per heavy atom. The molecule has 0 saturated heterocycles. The molecule has 10 nitrogen and oxygen atoms in total. The van der Waals surface area contributed by atoms with Gasteiger partial charge in [-0.2, -0.15) is 0 Å². The average Bonchev–Trinajstić information content (AvgIpc) is 3.66. The molecular weight excluding hydrogens is 584 g/mol. The summed E-state index contributed by atoms with van der Waals surface area (Å²) in [5.74, 6) is 1.32. The van der Waals surface area contributed by atoms with Gasteiger partial charge in [-0.1, -0.05) is 36.4 Å². The number of amides is 1. The summed E-state index contributed by atoms with van der Waals surface area (Å²) >= 11 is 0. The molecular formula is C36H40N4O6. The van der Waals surface area contributed by atoms with Crippen LogP contribution in [0.1, 0.15) is 83.9 Å². The quantitative estimate of drug-likeness (QED) is 0.223. The summed E-state index contributed by atoms with van der Waals surface area (Å²) in [6, 6.07) is 15.1. The lowest BCUT2D eigenvalue weighted by Crippen LogP contribution is -2.49. The summed E-state index contributed by atoms with van der Waals surface area (Å²) in [5, 5.41) is 53.3. The number of aromatic nitrogens is 3. The molecule has 1 aliphatic heterocycles. The normalized spacial score (nSPS) is 29.9. The fourth-order valence-corrected chi connectivity index (χ4v) is 9.58. The van der Waals surface area contributed by atoms with E-state index in [1.165, 1.54) is 16.0 Å². The number of nitrogens with zero attached hydrogens (tertiary/aromatic N) is 4. The van der Waals surface area contributed by atoms with Crippen molar-refractivity contribution in [3.8, 4) is 11.4 Å². The van der Waals surface area contributed by atoms with Gasteiger partial charge in [-0.3, -0.25) is 4.79 Å². The van der Waals surface area contributed by atoms with Gasteiger partial charge in [0.25, 0.3) is 5.91 Å². The van der Waals surface area contributed by atoms with E-state index in [-0.39, 0.29) is 37.7 Å². The van der Waals surface area contributed by atoms with Crippen LogP contribution >= 0.6 is 0 Å². The van der Waals surface area contributed by atoms with Crippen molar-refractivity contribution in [1.82, 2.24) is 19.9 Å². The van der Waals surface area contributed by atoms with Crippen LogP contribution in [0.15, 0.2) is 54.7 Å². The molecule has 46 heavy (non-hydrogen) atoms. The van der Waals surface area contributed by atoms with Gasteiger partial charge in [0.15, 0.2) is 6.23 Å². The van der Waals surface area contributed by atoms with Gasteiger partial charge >= 0.3 is 0 Å². The molecule has 0 bridgehead atoms. The number of carbonyl (C=O) groups excluding carboxylic acids is 1. The first kappa shape index (κ1) is 29.6. The van der Waals surface area contributed by atoms with Crippen molar-refractivity contribution in [2.45, 2.75) is 63.2 Å². The molecule has 3 aromatic carbocycles. The fraction of sp³-hybridized carbons (Fsp3) is 0.472. The van der Waals surface area contributed by atoms with Crippen molar-refractivity contribution in [1.29, 1.82) is 0 Å². The van der Waals surface area contributed by atoms with Gasteiger partial charge in [-0.15, -0.1) is 5.10 Å². The minimum absolute atomic E-state index is 0.106. The van der Waals surface area contributed by atoms with Gasteiger partial charge in [-0.05, 0) is 91.7 Å². The molecule has 0 radical (unpaired) electrons. The molecule has 2 heterocycles. The summed E-state index contributed by atoms with van der Waals surface area (Å²) < 4.78 is 7.04. The Labute approximate surface area is 267 Å². The molecule has 3 aliphatic carbocycles. The lowest BCUT2D eigenvalue weighted by molar-refractivity contribution is -0.111. The lowest BCUT2D eigenvalue weighted by atomic mass is 9.53. The first-order valence-corrected chi connectivity index (χ1v) is 16.5. The number of phenolic OH excluding ortho intramolecular Hbond substituents is 1. The number of hydrogen-bond donors (Lipinski definition) is 4. The maximum absolute atomic E-state index is 13.5. The highest BCUT2D eigenvalue weighted by molar-refractivity contribution is 6.12. The molecule has 1 aromatic heterocycles. The number of aromatic hydroxyl groups is 1. The first-order valence-electron chi connectivity index (χ1n) is 16.5. The molecule has 4 aliphatic rings. The lowest BCUT2D eigenvalue weighted by Gasteiger charge is -2.52. The highest BCUT2D eigenvalue weighted by Gasteiger charge is 2.63. The standard InChI is InChI=1S/C36H40N4O6/c1-35-13-11-24-23-8-6-22(42)19-21(23)5-7-25(24)29(35)12-14-36(35,45)31-20-40(38-37-31)30-10-9-28-32-26(30)3-2-4-27(32)33(43)39(34(28)44)15-17-46-18-16-41/h2-4,6,8-10,19-20,24-25,29,34,41-42,44-45H,5,7,11-18H2,1H3/t24-,25?,29+,34?,35+,36-/m1/s1. The molecule has 8 rings (SSSR count). The number of carbonyl (C=O) groups is 1. The van der Waals surface area contributed by atoms with Crippen LogP contribution in [0.25, 0.3) is 16.5 Å². The van der Waals surface area contributed by atoms with Crippen LogP contribution in [0.5, 0.6) is 5.75 Å². The topological polar surface area (TPSA) is 141 Å². The predicted octanol–water partition coefficient (Wildman–Crippen LogP) is 4.33. The van der Waals surface area contributed by atoms with Crippen LogP contribution in [-0.4, -0.2) is 72.6 Å². The van der Waals surface area contributed by atoms with E-state index in [0.717, 1.165) is 43.2 Å². The number of rotatable bonds is 7. The third kappa shape index (κ3) is 4.20. The molecule has 6 atom stereocenters. The smallest absolute Gasteiger partial charge is 0.256 e. The molecule has 4 aromatic rings. The zero-order valence-corrected chi connectivity index (χ0v) is 26.0. The third-order valence-electron chi connectivity index (χ3n) is 11.9. The van der Waals surface area contributed by atoms with E-state index in [9.17, 15) is 20.1 Å². The van der Waals surface area contributed by atoms with Gasteiger partial charge in [0.2, 0.25) is 0 Å². The Morgan fingerprint density at radius 2 is 1.89 bits per heavy atom. The summed E-state index contributed by atoms with van der Waals surface area (Å²) in [7, 11) is 0. The minimum Gasteiger partial charge on any atom is -0.508 e. The van der Waals surface area contributed by atoms with Crippen LogP contribution in [0.2, 0.25) is 0 Å². The summed E-state index contributed by atoms with van der Waals surface area (Å²) in [6.07, 6.45) is 6.14. The Balaban J connectivity index is 1.10. The van der Waals surface area contributed by atoms with Gasteiger partial charge in [0.1, 0.15) is 17.0 Å². The maximum atomic E-state index is 13.5. The molecule has 240 valence electrons. The minimum atomic E-state index is -1.13.